The van der Waals surface area contributed by atoms with Crippen LogP contribution in [0.5, 0.6) is 0 Å². The lowest BCUT2D eigenvalue weighted by molar-refractivity contribution is 0.957. The molecule has 0 N–H and O–H groups in total. The standard InChI is InChI=1S/C14H10N6S/c1-9-3-2-4-10(7-9)13-19-20-12(17-18-14(20)21-13)11-8-15-5-6-16-11/h2-8H,1H3. The SMILES string of the molecule is Cc1cccc(-c2nn3c(-c4cnccn4)nnc3s2)c1. The van der Waals surface area contributed by atoms with Gasteiger partial charge >= 0.3 is 0 Å². The van der Waals surface area contributed by atoms with Gasteiger partial charge in [-0.15, -0.1) is 10.2 Å². The van der Waals surface area contributed by atoms with Crippen LogP contribution in [0.3, 0.4) is 0 Å². The number of hydrogen-bond donors (Lipinski definition) is 0. The topological polar surface area (TPSA) is 68.9 Å². The third-order valence-corrected chi connectivity index (χ3v) is 4.00. The molecule has 3 aromatic heterocycles. The molecule has 0 amide bonds. The molecule has 4 aromatic rings. The average molecular weight is 294 g/mol. The molecule has 0 fully saturated rings. The zero-order valence-corrected chi connectivity index (χ0v) is 11.9. The minimum atomic E-state index is 0.605. The summed E-state index contributed by atoms with van der Waals surface area (Å²) in [7, 11) is 0. The van der Waals surface area contributed by atoms with Crippen molar-refractivity contribution < 1.29 is 0 Å². The first-order valence-electron chi connectivity index (χ1n) is 6.37. The van der Waals surface area contributed by atoms with Gasteiger partial charge in [-0.25, -0.2) is 4.98 Å². The Bertz CT molecular complexity index is 912. The maximum absolute atomic E-state index is 4.60. The number of hydrogen-bond acceptors (Lipinski definition) is 6. The van der Waals surface area contributed by atoms with E-state index < -0.39 is 0 Å². The summed E-state index contributed by atoms with van der Waals surface area (Å²) < 4.78 is 1.71. The molecule has 0 unspecified atom stereocenters. The molecule has 0 aliphatic rings. The molecular formula is C14H10N6S. The number of nitrogens with zero attached hydrogens (tertiary/aromatic N) is 6. The molecule has 4 rings (SSSR count). The predicted molar refractivity (Wildman–Crippen MR) is 79.9 cm³/mol. The third kappa shape index (κ3) is 2.07. The number of fused-ring (bicyclic) bond motifs is 1. The van der Waals surface area contributed by atoms with E-state index in [9.17, 15) is 0 Å². The van der Waals surface area contributed by atoms with Crippen LogP contribution in [0, 0.1) is 6.92 Å². The fourth-order valence-electron chi connectivity index (χ4n) is 2.09. The van der Waals surface area contributed by atoms with Crippen LogP contribution in [0.25, 0.3) is 27.1 Å². The first kappa shape index (κ1) is 12.1. The van der Waals surface area contributed by atoms with Crippen molar-refractivity contribution in [3.05, 3.63) is 48.4 Å². The Morgan fingerprint density at radius 1 is 1.14 bits per heavy atom. The van der Waals surface area contributed by atoms with Crippen molar-refractivity contribution in [2.24, 2.45) is 0 Å². The molecule has 0 atom stereocenters. The lowest BCUT2D eigenvalue weighted by atomic mass is 10.1. The maximum Gasteiger partial charge on any atom is 0.235 e. The highest BCUT2D eigenvalue weighted by Gasteiger charge is 2.15. The number of rotatable bonds is 2. The molecular weight excluding hydrogens is 284 g/mol. The fraction of sp³-hybridized carbons (Fsp3) is 0.0714. The molecule has 3 heterocycles. The smallest absolute Gasteiger partial charge is 0.235 e. The Balaban J connectivity index is 1.87. The molecule has 0 aliphatic heterocycles. The molecule has 0 aliphatic carbocycles. The normalized spacial score (nSPS) is 11.1. The summed E-state index contributed by atoms with van der Waals surface area (Å²) in [4.78, 5) is 9.05. The van der Waals surface area contributed by atoms with Crippen molar-refractivity contribution in [1.29, 1.82) is 0 Å². The molecule has 0 saturated heterocycles. The van der Waals surface area contributed by atoms with Gasteiger partial charge in [-0.3, -0.25) is 4.98 Å². The van der Waals surface area contributed by atoms with Gasteiger partial charge in [0.25, 0.3) is 0 Å². The second-order valence-electron chi connectivity index (χ2n) is 4.59. The van der Waals surface area contributed by atoms with Gasteiger partial charge in [0, 0.05) is 18.0 Å². The van der Waals surface area contributed by atoms with E-state index in [2.05, 4.69) is 44.3 Å². The highest BCUT2D eigenvalue weighted by molar-refractivity contribution is 7.19. The van der Waals surface area contributed by atoms with Crippen LogP contribution in [0.4, 0.5) is 0 Å². The van der Waals surface area contributed by atoms with Crippen LogP contribution >= 0.6 is 11.3 Å². The van der Waals surface area contributed by atoms with E-state index >= 15 is 0 Å². The Hall–Kier alpha value is -2.67. The van der Waals surface area contributed by atoms with Crippen LogP contribution in [0.2, 0.25) is 0 Å². The van der Waals surface area contributed by atoms with Crippen molar-refractivity contribution >= 4 is 16.3 Å². The molecule has 102 valence electrons. The zero-order valence-electron chi connectivity index (χ0n) is 11.1. The molecule has 0 radical (unpaired) electrons. The second-order valence-corrected chi connectivity index (χ2v) is 5.54. The number of benzene rings is 1. The largest absolute Gasteiger partial charge is 0.261 e. The van der Waals surface area contributed by atoms with Crippen molar-refractivity contribution in [3.63, 3.8) is 0 Å². The highest BCUT2D eigenvalue weighted by atomic mass is 32.1. The lowest BCUT2D eigenvalue weighted by Crippen LogP contribution is -1.93. The van der Waals surface area contributed by atoms with E-state index in [1.54, 1.807) is 23.1 Å². The maximum atomic E-state index is 4.60. The van der Waals surface area contributed by atoms with Gasteiger partial charge in [0.15, 0.2) is 0 Å². The molecule has 1 aromatic carbocycles. The summed E-state index contributed by atoms with van der Waals surface area (Å²) in [5.74, 6) is 0.605. The van der Waals surface area contributed by atoms with Gasteiger partial charge < -0.3 is 0 Å². The number of aryl methyl sites for hydroxylation is 1. The Labute approximate surface area is 124 Å². The van der Waals surface area contributed by atoms with Gasteiger partial charge in [0.1, 0.15) is 10.7 Å². The Kier molecular flexibility index (Phi) is 2.71. The molecule has 0 saturated carbocycles. The number of aromatic nitrogens is 6. The highest BCUT2D eigenvalue weighted by Crippen LogP contribution is 2.27. The van der Waals surface area contributed by atoms with E-state index in [-0.39, 0.29) is 0 Å². The van der Waals surface area contributed by atoms with E-state index in [4.69, 9.17) is 0 Å². The first-order chi connectivity index (χ1) is 10.3. The van der Waals surface area contributed by atoms with Gasteiger partial charge in [-0.1, -0.05) is 35.1 Å². The average Bonchev–Trinajstić information content (AvgIpc) is 3.08. The monoisotopic (exact) mass is 294 g/mol. The van der Waals surface area contributed by atoms with Gasteiger partial charge in [0.05, 0.1) is 6.20 Å². The van der Waals surface area contributed by atoms with E-state index in [0.29, 0.717) is 11.5 Å². The predicted octanol–water partition coefficient (Wildman–Crippen LogP) is 2.62. The Morgan fingerprint density at radius 3 is 2.90 bits per heavy atom. The van der Waals surface area contributed by atoms with E-state index in [1.165, 1.54) is 16.9 Å². The minimum absolute atomic E-state index is 0.605. The molecule has 0 spiro atoms. The summed E-state index contributed by atoms with van der Waals surface area (Å²) in [5.41, 5.74) is 2.94. The summed E-state index contributed by atoms with van der Waals surface area (Å²) in [6, 6.07) is 8.24. The van der Waals surface area contributed by atoms with Crippen molar-refractivity contribution in [1.82, 2.24) is 29.8 Å². The summed E-state index contributed by atoms with van der Waals surface area (Å²) in [6.07, 6.45) is 4.91. The van der Waals surface area contributed by atoms with Gasteiger partial charge in [-0.2, -0.15) is 9.61 Å². The third-order valence-electron chi connectivity index (χ3n) is 3.05. The summed E-state index contributed by atoms with van der Waals surface area (Å²) in [6.45, 7) is 2.06. The van der Waals surface area contributed by atoms with Crippen molar-refractivity contribution in [3.8, 4) is 22.1 Å². The van der Waals surface area contributed by atoms with Crippen LogP contribution in [-0.4, -0.2) is 29.8 Å². The van der Waals surface area contributed by atoms with Crippen LogP contribution < -0.4 is 0 Å². The minimum Gasteiger partial charge on any atom is -0.261 e. The molecule has 7 heteroatoms. The zero-order chi connectivity index (χ0) is 14.2. The van der Waals surface area contributed by atoms with Crippen LogP contribution in [0.15, 0.2) is 42.9 Å². The quantitative estimate of drug-likeness (QED) is 0.568. The molecule has 0 bridgehead atoms. The molecule has 6 nitrogen and oxygen atoms in total. The van der Waals surface area contributed by atoms with Gasteiger partial charge in [-0.05, 0) is 13.0 Å². The first-order valence-corrected chi connectivity index (χ1v) is 7.18. The van der Waals surface area contributed by atoms with E-state index in [1.807, 2.05) is 12.1 Å². The fourth-order valence-corrected chi connectivity index (χ4v) is 2.92. The van der Waals surface area contributed by atoms with Crippen LogP contribution in [-0.2, 0) is 0 Å². The second kappa shape index (κ2) is 4.71. The van der Waals surface area contributed by atoms with Crippen molar-refractivity contribution in [2.75, 3.05) is 0 Å². The van der Waals surface area contributed by atoms with E-state index in [0.717, 1.165) is 15.5 Å². The summed E-state index contributed by atoms with van der Waals surface area (Å²) >= 11 is 1.50. The van der Waals surface area contributed by atoms with Gasteiger partial charge in [0.2, 0.25) is 10.8 Å². The lowest BCUT2D eigenvalue weighted by Gasteiger charge is -1.97. The molecule has 21 heavy (non-hydrogen) atoms. The Morgan fingerprint density at radius 2 is 2.10 bits per heavy atom. The van der Waals surface area contributed by atoms with Crippen LogP contribution in [0.1, 0.15) is 5.56 Å². The van der Waals surface area contributed by atoms with Crippen molar-refractivity contribution in [2.45, 2.75) is 6.92 Å². The summed E-state index contributed by atoms with van der Waals surface area (Å²) in [5, 5.41) is 13.8.